The molecule has 2 aliphatic heterocycles. The first-order valence-corrected chi connectivity index (χ1v) is 11.4. The number of para-hydroxylation sites is 1. The molecule has 8 heteroatoms. The average Bonchev–Trinajstić information content (AvgIpc) is 2.81. The summed E-state index contributed by atoms with van der Waals surface area (Å²) in [7, 11) is 0. The van der Waals surface area contributed by atoms with Crippen molar-refractivity contribution in [2.24, 2.45) is 0 Å². The van der Waals surface area contributed by atoms with Gasteiger partial charge in [0.05, 0.1) is 17.7 Å². The zero-order chi connectivity index (χ0) is 22.7. The molecule has 0 atom stereocenters. The van der Waals surface area contributed by atoms with E-state index in [4.69, 9.17) is 14.8 Å². The van der Waals surface area contributed by atoms with Crippen LogP contribution in [0.3, 0.4) is 0 Å². The zero-order valence-corrected chi connectivity index (χ0v) is 18.9. The van der Waals surface area contributed by atoms with Crippen molar-refractivity contribution in [3.8, 4) is 0 Å². The van der Waals surface area contributed by atoms with Gasteiger partial charge in [-0.15, -0.1) is 0 Å². The normalized spacial score (nSPS) is 17.6. The summed E-state index contributed by atoms with van der Waals surface area (Å²) in [5.41, 5.74) is 3.18. The van der Waals surface area contributed by atoms with E-state index in [0.717, 1.165) is 35.1 Å². The van der Waals surface area contributed by atoms with Crippen LogP contribution in [0.1, 0.15) is 35.5 Å². The molecule has 2 aliphatic rings. The lowest BCUT2D eigenvalue weighted by atomic mass is 9.95. The Hall–Kier alpha value is -2.55. The summed E-state index contributed by atoms with van der Waals surface area (Å²) in [6.45, 7) is 8.91. The molecule has 0 radical (unpaired) electrons. The lowest BCUT2D eigenvalue weighted by Gasteiger charge is -2.34. The molecule has 1 saturated heterocycles. The maximum atomic E-state index is 13.3. The Morgan fingerprint density at radius 1 is 1.12 bits per heavy atom. The van der Waals surface area contributed by atoms with Crippen molar-refractivity contribution in [3.05, 3.63) is 41.1 Å². The van der Waals surface area contributed by atoms with Crippen LogP contribution in [0.4, 0.5) is 0 Å². The fourth-order valence-electron chi connectivity index (χ4n) is 4.54. The Bertz CT molecular complexity index is 985. The number of pyridine rings is 1. The molecule has 1 fully saturated rings. The van der Waals surface area contributed by atoms with E-state index in [2.05, 4.69) is 23.6 Å². The van der Waals surface area contributed by atoms with Crippen LogP contribution >= 0.6 is 0 Å². The molecule has 2 aromatic rings. The van der Waals surface area contributed by atoms with Gasteiger partial charge in [0.15, 0.2) is 6.61 Å². The van der Waals surface area contributed by atoms with E-state index in [1.165, 1.54) is 0 Å². The first-order valence-electron chi connectivity index (χ1n) is 11.4. The number of amides is 1. The molecule has 0 unspecified atom stereocenters. The van der Waals surface area contributed by atoms with Crippen molar-refractivity contribution >= 4 is 22.8 Å². The second-order valence-electron chi connectivity index (χ2n) is 8.77. The summed E-state index contributed by atoms with van der Waals surface area (Å²) in [5.74, 6) is -0.643. The number of hydrogen-bond acceptors (Lipinski definition) is 7. The number of rotatable bonds is 6. The highest BCUT2D eigenvalue weighted by molar-refractivity contribution is 6.05. The molecule has 0 bridgehead atoms. The van der Waals surface area contributed by atoms with Gasteiger partial charge >= 0.3 is 5.97 Å². The second kappa shape index (κ2) is 9.94. The van der Waals surface area contributed by atoms with E-state index in [-0.39, 0.29) is 19.1 Å². The number of hydrogen-bond donors (Lipinski definition) is 1. The van der Waals surface area contributed by atoms with Gasteiger partial charge in [0, 0.05) is 74.9 Å². The predicted octanol–water partition coefficient (Wildman–Crippen LogP) is 1.29. The SMILES string of the molecule is CC(C)N1CCc2nc3ccccc3c(C(=O)OCC(=O)N3CCN(CCO)CC3)c2C1. The number of esters is 1. The van der Waals surface area contributed by atoms with E-state index in [0.29, 0.717) is 50.9 Å². The van der Waals surface area contributed by atoms with Gasteiger partial charge in [-0.1, -0.05) is 18.2 Å². The number of benzene rings is 1. The number of β-amino-alcohol motifs (C(OH)–C–C–N with tert-alkyl or cyclic N) is 1. The van der Waals surface area contributed by atoms with Gasteiger partial charge < -0.3 is 14.7 Å². The Labute approximate surface area is 188 Å². The maximum absolute atomic E-state index is 13.3. The lowest BCUT2D eigenvalue weighted by molar-refractivity contribution is -0.136. The third-order valence-corrected chi connectivity index (χ3v) is 6.48. The van der Waals surface area contributed by atoms with Gasteiger partial charge in [0.25, 0.3) is 5.91 Å². The van der Waals surface area contributed by atoms with E-state index in [9.17, 15) is 9.59 Å². The Balaban J connectivity index is 1.51. The Kier molecular flexibility index (Phi) is 7.03. The van der Waals surface area contributed by atoms with Crippen LogP contribution in [-0.2, 0) is 22.5 Å². The third kappa shape index (κ3) is 4.77. The lowest BCUT2D eigenvalue weighted by Crippen LogP contribution is -2.50. The van der Waals surface area contributed by atoms with Crippen LogP contribution in [0.2, 0.25) is 0 Å². The Morgan fingerprint density at radius 3 is 2.59 bits per heavy atom. The zero-order valence-electron chi connectivity index (χ0n) is 18.9. The fraction of sp³-hybridized carbons (Fsp3) is 0.542. The highest BCUT2D eigenvalue weighted by Crippen LogP contribution is 2.29. The molecule has 172 valence electrons. The number of ether oxygens (including phenoxy) is 1. The van der Waals surface area contributed by atoms with Gasteiger partial charge in [-0.3, -0.25) is 19.6 Å². The molecular formula is C24H32N4O4. The summed E-state index contributed by atoms with van der Waals surface area (Å²) < 4.78 is 5.56. The minimum Gasteiger partial charge on any atom is -0.452 e. The molecule has 4 rings (SSSR count). The number of fused-ring (bicyclic) bond motifs is 2. The first-order chi connectivity index (χ1) is 15.5. The van der Waals surface area contributed by atoms with Gasteiger partial charge in [0.2, 0.25) is 0 Å². The topological polar surface area (TPSA) is 86.2 Å². The average molecular weight is 441 g/mol. The predicted molar refractivity (Wildman–Crippen MR) is 121 cm³/mol. The number of aliphatic hydroxyl groups excluding tert-OH is 1. The molecular weight excluding hydrogens is 408 g/mol. The summed E-state index contributed by atoms with van der Waals surface area (Å²) in [6.07, 6.45) is 0.787. The molecule has 0 saturated carbocycles. The quantitative estimate of drug-likeness (QED) is 0.678. The number of carbonyl (C=O) groups is 2. The van der Waals surface area contributed by atoms with Gasteiger partial charge in [-0.2, -0.15) is 0 Å². The molecule has 3 heterocycles. The van der Waals surface area contributed by atoms with Crippen LogP contribution in [0.5, 0.6) is 0 Å². The van der Waals surface area contributed by atoms with Crippen LogP contribution < -0.4 is 0 Å². The summed E-state index contributed by atoms with van der Waals surface area (Å²) >= 11 is 0. The van der Waals surface area contributed by atoms with Crippen LogP contribution in [0.25, 0.3) is 10.9 Å². The number of nitrogens with zero attached hydrogens (tertiary/aromatic N) is 4. The van der Waals surface area contributed by atoms with Crippen molar-refractivity contribution in [3.63, 3.8) is 0 Å². The van der Waals surface area contributed by atoms with Crippen LogP contribution in [-0.4, -0.2) is 95.2 Å². The van der Waals surface area contributed by atoms with E-state index < -0.39 is 5.97 Å². The smallest absolute Gasteiger partial charge is 0.339 e. The highest BCUT2D eigenvalue weighted by atomic mass is 16.5. The summed E-state index contributed by atoms with van der Waals surface area (Å²) in [6, 6.07) is 7.99. The third-order valence-electron chi connectivity index (χ3n) is 6.48. The van der Waals surface area contributed by atoms with E-state index in [1.54, 1.807) is 4.90 Å². The van der Waals surface area contributed by atoms with E-state index in [1.807, 2.05) is 24.3 Å². The highest BCUT2D eigenvalue weighted by Gasteiger charge is 2.28. The van der Waals surface area contributed by atoms with Crippen molar-refractivity contribution in [2.45, 2.75) is 32.9 Å². The van der Waals surface area contributed by atoms with Crippen molar-refractivity contribution < 1.29 is 19.4 Å². The molecule has 0 aliphatic carbocycles. The van der Waals surface area contributed by atoms with Crippen molar-refractivity contribution in [1.82, 2.24) is 19.7 Å². The van der Waals surface area contributed by atoms with E-state index >= 15 is 0 Å². The molecule has 0 spiro atoms. The minimum atomic E-state index is -0.460. The van der Waals surface area contributed by atoms with Crippen LogP contribution in [0, 0.1) is 0 Å². The summed E-state index contributed by atoms with van der Waals surface area (Å²) in [5, 5.41) is 9.84. The minimum absolute atomic E-state index is 0.115. The second-order valence-corrected chi connectivity index (χ2v) is 8.77. The monoisotopic (exact) mass is 440 g/mol. The number of aromatic nitrogens is 1. The van der Waals surface area contributed by atoms with Gasteiger partial charge in [0.1, 0.15) is 0 Å². The maximum Gasteiger partial charge on any atom is 0.339 e. The molecule has 1 aromatic heterocycles. The Morgan fingerprint density at radius 2 is 1.88 bits per heavy atom. The number of carbonyl (C=O) groups excluding carboxylic acids is 2. The standard InChI is InChI=1S/C24H32N4O4/c1-17(2)28-8-7-21-19(15-28)23(18-5-3-4-6-20(18)25-21)24(31)32-16-22(30)27-11-9-26(10-12-27)13-14-29/h3-6,17,29H,7-16H2,1-2H3. The molecule has 1 amide bonds. The van der Waals surface area contributed by atoms with Crippen LogP contribution in [0.15, 0.2) is 24.3 Å². The first kappa shape index (κ1) is 22.6. The largest absolute Gasteiger partial charge is 0.452 e. The van der Waals surface area contributed by atoms with Crippen molar-refractivity contribution in [1.29, 1.82) is 0 Å². The molecule has 8 nitrogen and oxygen atoms in total. The molecule has 32 heavy (non-hydrogen) atoms. The van der Waals surface area contributed by atoms with Gasteiger partial charge in [-0.25, -0.2) is 4.79 Å². The number of piperazine rings is 1. The fourth-order valence-corrected chi connectivity index (χ4v) is 4.54. The summed E-state index contributed by atoms with van der Waals surface area (Å²) in [4.78, 5) is 36.9. The molecule has 1 aromatic carbocycles. The van der Waals surface area contributed by atoms with Crippen molar-refractivity contribution in [2.75, 3.05) is 52.5 Å². The number of aliphatic hydroxyl groups is 1. The van der Waals surface area contributed by atoms with Gasteiger partial charge in [-0.05, 0) is 19.9 Å². The molecule has 1 N–H and O–H groups in total.